The summed E-state index contributed by atoms with van der Waals surface area (Å²) in [5.74, 6) is 1.69. The number of ether oxygens (including phenoxy) is 1. The van der Waals surface area contributed by atoms with Crippen LogP contribution in [0.2, 0.25) is 0 Å². The molecule has 0 aliphatic carbocycles. The standard InChI is InChI=1S/C15H23N5O2/c1-12(21)19-6-8-20(9-7-19)14-4-5-16-15(18-14)17-11-13-3-2-10-22-13/h4-5,13H,2-3,6-11H2,1H3,(H,16,17,18). The first-order chi connectivity index (χ1) is 10.7. The van der Waals surface area contributed by atoms with Crippen molar-refractivity contribution in [2.24, 2.45) is 0 Å². The van der Waals surface area contributed by atoms with E-state index >= 15 is 0 Å². The third-order valence-corrected chi connectivity index (χ3v) is 4.20. The number of nitrogens with zero attached hydrogens (tertiary/aromatic N) is 4. The van der Waals surface area contributed by atoms with E-state index in [0.717, 1.165) is 58.0 Å². The Kier molecular flexibility index (Phi) is 4.72. The quantitative estimate of drug-likeness (QED) is 0.884. The van der Waals surface area contributed by atoms with Crippen LogP contribution in [0.4, 0.5) is 11.8 Å². The maximum atomic E-state index is 11.4. The number of nitrogens with one attached hydrogen (secondary N) is 1. The van der Waals surface area contributed by atoms with Crippen molar-refractivity contribution in [2.75, 3.05) is 49.5 Å². The summed E-state index contributed by atoms with van der Waals surface area (Å²) in [7, 11) is 0. The zero-order valence-electron chi connectivity index (χ0n) is 13.0. The highest BCUT2D eigenvalue weighted by Gasteiger charge is 2.20. The van der Waals surface area contributed by atoms with Crippen molar-refractivity contribution in [3.05, 3.63) is 12.3 Å². The Labute approximate surface area is 130 Å². The molecule has 3 rings (SSSR count). The fourth-order valence-electron chi connectivity index (χ4n) is 2.87. The number of carbonyl (C=O) groups excluding carboxylic acids is 1. The van der Waals surface area contributed by atoms with E-state index in [1.54, 1.807) is 13.1 Å². The first kappa shape index (κ1) is 15.0. The largest absolute Gasteiger partial charge is 0.376 e. The Morgan fingerprint density at radius 1 is 1.41 bits per heavy atom. The first-order valence-corrected chi connectivity index (χ1v) is 7.91. The van der Waals surface area contributed by atoms with Crippen LogP contribution in [-0.4, -0.2) is 66.2 Å². The van der Waals surface area contributed by atoms with E-state index < -0.39 is 0 Å². The van der Waals surface area contributed by atoms with Crippen LogP contribution in [0.1, 0.15) is 19.8 Å². The van der Waals surface area contributed by atoms with E-state index in [2.05, 4.69) is 20.2 Å². The van der Waals surface area contributed by atoms with Gasteiger partial charge in [0.1, 0.15) is 5.82 Å². The van der Waals surface area contributed by atoms with Gasteiger partial charge in [0, 0.05) is 52.5 Å². The van der Waals surface area contributed by atoms with Crippen molar-refractivity contribution in [1.82, 2.24) is 14.9 Å². The summed E-state index contributed by atoms with van der Waals surface area (Å²) in [5, 5.41) is 3.25. The van der Waals surface area contributed by atoms with E-state index in [9.17, 15) is 4.79 Å². The molecule has 0 bridgehead atoms. The van der Waals surface area contributed by atoms with Gasteiger partial charge in [-0.2, -0.15) is 4.98 Å². The van der Waals surface area contributed by atoms with Gasteiger partial charge in [-0.05, 0) is 18.9 Å². The molecular formula is C15H23N5O2. The van der Waals surface area contributed by atoms with Gasteiger partial charge in [-0.15, -0.1) is 0 Å². The number of anilines is 2. The average Bonchev–Trinajstić information content (AvgIpc) is 3.07. The molecule has 2 fully saturated rings. The molecule has 1 unspecified atom stereocenters. The summed E-state index contributed by atoms with van der Waals surface area (Å²) >= 11 is 0. The highest BCUT2D eigenvalue weighted by Crippen LogP contribution is 2.16. The van der Waals surface area contributed by atoms with E-state index in [1.165, 1.54) is 0 Å². The van der Waals surface area contributed by atoms with Gasteiger partial charge in [-0.1, -0.05) is 0 Å². The third kappa shape index (κ3) is 3.65. The van der Waals surface area contributed by atoms with Crippen molar-refractivity contribution in [3.63, 3.8) is 0 Å². The van der Waals surface area contributed by atoms with Crippen molar-refractivity contribution in [1.29, 1.82) is 0 Å². The second-order valence-corrected chi connectivity index (χ2v) is 5.75. The Morgan fingerprint density at radius 2 is 2.23 bits per heavy atom. The van der Waals surface area contributed by atoms with E-state index in [-0.39, 0.29) is 12.0 Å². The van der Waals surface area contributed by atoms with Crippen LogP contribution < -0.4 is 10.2 Å². The van der Waals surface area contributed by atoms with Gasteiger partial charge in [0.2, 0.25) is 11.9 Å². The van der Waals surface area contributed by atoms with Crippen molar-refractivity contribution in [3.8, 4) is 0 Å². The van der Waals surface area contributed by atoms with Crippen LogP contribution in [0.5, 0.6) is 0 Å². The molecule has 2 saturated heterocycles. The molecule has 3 heterocycles. The predicted molar refractivity (Wildman–Crippen MR) is 84.0 cm³/mol. The van der Waals surface area contributed by atoms with Crippen molar-refractivity contribution in [2.45, 2.75) is 25.9 Å². The summed E-state index contributed by atoms with van der Waals surface area (Å²) in [5.41, 5.74) is 0. The van der Waals surface area contributed by atoms with E-state index in [1.807, 2.05) is 11.0 Å². The van der Waals surface area contributed by atoms with Crippen molar-refractivity contribution < 1.29 is 9.53 Å². The fourth-order valence-corrected chi connectivity index (χ4v) is 2.87. The molecule has 1 atom stereocenters. The number of rotatable bonds is 4. The Balaban J connectivity index is 1.55. The van der Waals surface area contributed by atoms with Gasteiger partial charge in [0.25, 0.3) is 0 Å². The molecule has 1 aromatic heterocycles. The van der Waals surface area contributed by atoms with Gasteiger partial charge in [0.05, 0.1) is 6.10 Å². The van der Waals surface area contributed by atoms with Crippen molar-refractivity contribution >= 4 is 17.7 Å². The number of aromatic nitrogens is 2. The maximum absolute atomic E-state index is 11.4. The molecule has 0 saturated carbocycles. The summed E-state index contributed by atoms with van der Waals surface area (Å²) in [4.78, 5) is 24.3. The van der Waals surface area contributed by atoms with Crippen LogP contribution in [-0.2, 0) is 9.53 Å². The van der Waals surface area contributed by atoms with Crippen LogP contribution in [0.15, 0.2) is 12.3 Å². The third-order valence-electron chi connectivity index (χ3n) is 4.20. The number of amides is 1. The molecule has 1 amide bonds. The fraction of sp³-hybridized carbons (Fsp3) is 0.667. The zero-order chi connectivity index (χ0) is 15.4. The Bertz CT molecular complexity index is 510. The molecule has 0 radical (unpaired) electrons. The molecule has 22 heavy (non-hydrogen) atoms. The maximum Gasteiger partial charge on any atom is 0.224 e. The number of piperazine rings is 1. The highest BCUT2D eigenvalue weighted by atomic mass is 16.5. The van der Waals surface area contributed by atoms with Crippen LogP contribution >= 0.6 is 0 Å². The van der Waals surface area contributed by atoms with Gasteiger partial charge in [-0.3, -0.25) is 4.79 Å². The minimum Gasteiger partial charge on any atom is -0.376 e. The summed E-state index contributed by atoms with van der Waals surface area (Å²) < 4.78 is 5.59. The van der Waals surface area contributed by atoms with Crippen LogP contribution in [0, 0.1) is 0 Å². The highest BCUT2D eigenvalue weighted by molar-refractivity contribution is 5.73. The normalized spacial score (nSPS) is 22.0. The van der Waals surface area contributed by atoms with E-state index in [0.29, 0.717) is 5.95 Å². The number of carbonyl (C=O) groups is 1. The second-order valence-electron chi connectivity index (χ2n) is 5.75. The molecule has 2 aliphatic rings. The first-order valence-electron chi connectivity index (χ1n) is 7.91. The average molecular weight is 305 g/mol. The van der Waals surface area contributed by atoms with Gasteiger partial charge < -0.3 is 19.9 Å². The summed E-state index contributed by atoms with van der Waals surface area (Å²) in [6, 6.07) is 1.92. The molecule has 0 spiro atoms. The van der Waals surface area contributed by atoms with Gasteiger partial charge >= 0.3 is 0 Å². The molecule has 1 aromatic rings. The molecular weight excluding hydrogens is 282 g/mol. The minimum absolute atomic E-state index is 0.140. The lowest BCUT2D eigenvalue weighted by Gasteiger charge is -2.34. The molecule has 2 aliphatic heterocycles. The topological polar surface area (TPSA) is 70.6 Å². The number of hydrogen-bond acceptors (Lipinski definition) is 6. The lowest BCUT2D eigenvalue weighted by molar-refractivity contribution is -0.129. The van der Waals surface area contributed by atoms with Gasteiger partial charge in [0.15, 0.2) is 0 Å². The summed E-state index contributed by atoms with van der Waals surface area (Å²) in [6.07, 6.45) is 4.27. The SMILES string of the molecule is CC(=O)N1CCN(c2ccnc(NCC3CCCO3)n2)CC1. The molecule has 1 N–H and O–H groups in total. The van der Waals surface area contributed by atoms with Crippen LogP contribution in [0.25, 0.3) is 0 Å². The number of hydrogen-bond donors (Lipinski definition) is 1. The Morgan fingerprint density at radius 3 is 2.91 bits per heavy atom. The zero-order valence-corrected chi connectivity index (χ0v) is 13.0. The van der Waals surface area contributed by atoms with E-state index in [4.69, 9.17) is 4.74 Å². The molecule has 120 valence electrons. The smallest absolute Gasteiger partial charge is 0.224 e. The lowest BCUT2D eigenvalue weighted by atomic mass is 10.2. The predicted octanol–water partition coefficient (Wildman–Crippen LogP) is 0.736. The second kappa shape index (κ2) is 6.91. The summed E-state index contributed by atoms with van der Waals surface area (Å²) in [6.45, 7) is 6.34. The Hall–Kier alpha value is -1.89. The monoisotopic (exact) mass is 305 g/mol. The molecule has 7 heteroatoms. The van der Waals surface area contributed by atoms with Gasteiger partial charge in [-0.25, -0.2) is 4.98 Å². The molecule has 7 nitrogen and oxygen atoms in total. The lowest BCUT2D eigenvalue weighted by Crippen LogP contribution is -2.48. The van der Waals surface area contributed by atoms with Crippen LogP contribution in [0.3, 0.4) is 0 Å². The minimum atomic E-state index is 0.140. The molecule has 0 aromatic carbocycles.